The molecule has 1 unspecified atom stereocenters. The lowest BCUT2D eigenvalue weighted by Gasteiger charge is -2.04. The van der Waals surface area contributed by atoms with Gasteiger partial charge >= 0.3 is 18.1 Å². The van der Waals surface area contributed by atoms with E-state index in [1.165, 1.54) is 6.42 Å². The lowest BCUT2D eigenvalue weighted by molar-refractivity contribution is -0.242. The summed E-state index contributed by atoms with van der Waals surface area (Å²) in [4.78, 5) is 3.84. The van der Waals surface area contributed by atoms with Gasteiger partial charge in [0.1, 0.15) is 0 Å². The zero-order valence-electron chi connectivity index (χ0n) is 8.86. The molecule has 1 N–H and O–H groups in total. The Morgan fingerprint density at radius 2 is 1.65 bits per heavy atom. The number of unbranched alkanes of at least 4 members (excludes halogenated alkanes) is 2. The number of ether oxygens (including phenoxy) is 1. The third-order valence-electron chi connectivity index (χ3n) is 1.81. The summed E-state index contributed by atoms with van der Waals surface area (Å²) in [6, 6.07) is 0. The van der Waals surface area contributed by atoms with E-state index in [2.05, 4.69) is 16.5 Å². The molecule has 1 fully saturated rings. The van der Waals surface area contributed by atoms with E-state index in [0.29, 0.717) is 6.61 Å². The summed E-state index contributed by atoms with van der Waals surface area (Å²) in [5.41, 5.74) is 0. The van der Waals surface area contributed by atoms with Gasteiger partial charge in [-0.15, -0.1) is 0 Å². The van der Waals surface area contributed by atoms with Crippen molar-refractivity contribution >= 4 is 0 Å². The SMILES string of the molecule is CCCCCOO.FC(F)(F)C1(F)OC1(F)F. The van der Waals surface area contributed by atoms with Crippen LogP contribution in [0.5, 0.6) is 0 Å². The Bertz CT molecular complexity index is 228. The number of hydrogen-bond donors (Lipinski definition) is 1. The van der Waals surface area contributed by atoms with Gasteiger partial charge in [-0.25, -0.2) is 4.89 Å². The van der Waals surface area contributed by atoms with Crippen LogP contribution in [0, 0.1) is 0 Å². The first-order valence-electron chi connectivity index (χ1n) is 4.72. The molecule has 0 aliphatic carbocycles. The second-order valence-corrected chi connectivity index (χ2v) is 3.25. The van der Waals surface area contributed by atoms with Gasteiger partial charge in [0.2, 0.25) is 0 Å². The van der Waals surface area contributed by atoms with Crippen molar-refractivity contribution < 1.29 is 41.2 Å². The van der Waals surface area contributed by atoms with Crippen molar-refractivity contribution in [1.29, 1.82) is 0 Å². The lowest BCUT2D eigenvalue weighted by Crippen LogP contribution is -2.32. The zero-order valence-corrected chi connectivity index (χ0v) is 8.86. The van der Waals surface area contributed by atoms with E-state index in [-0.39, 0.29) is 0 Å². The Morgan fingerprint density at radius 3 is 1.82 bits per heavy atom. The Balaban J connectivity index is 0.000000325. The summed E-state index contributed by atoms with van der Waals surface area (Å²) < 4.78 is 70.4. The molecule has 0 bridgehead atoms. The van der Waals surface area contributed by atoms with Crippen LogP contribution in [0.2, 0.25) is 0 Å². The van der Waals surface area contributed by atoms with E-state index in [4.69, 9.17) is 5.26 Å². The average Bonchev–Trinajstić information content (AvgIpc) is 2.69. The molecule has 0 aromatic carbocycles. The molecule has 1 atom stereocenters. The second kappa shape index (κ2) is 5.87. The van der Waals surface area contributed by atoms with Gasteiger partial charge in [0.25, 0.3) is 0 Å². The van der Waals surface area contributed by atoms with Crippen LogP contribution in [0.3, 0.4) is 0 Å². The predicted molar refractivity (Wildman–Crippen MR) is 44.0 cm³/mol. The average molecular weight is 270 g/mol. The highest BCUT2D eigenvalue weighted by molar-refractivity contribution is 4.99. The van der Waals surface area contributed by atoms with Crippen molar-refractivity contribution in [1.82, 2.24) is 0 Å². The molecule has 17 heavy (non-hydrogen) atoms. The summed E-state index contributed by atoms with van der Waals surface area (Å²) in [5, 5.41) is 7.79. The smallest absolute Gasteiger partial charge is 0.263 e. The second-order valence-electron chi connectivity index (χ2n) is 3.25. The first kappa shape index (κ1) is 16.5. The quantitative estimate of drug-likeness (QED) is 0.279. The number of epoxide rings is 1. The summed E-state index contributed by atoms with van der Waals surface area (Å²) in [6.45, 7) is 2.59. The first-order chi connectivity index (χ1) is 7.62. The van der Waals surface area contributed by atoms with Crippen molar-refractivity contribution in [3.8, 4) is 0 Å². The summed E-state index contributed by atoms with van der Waals surface area (Å²) in [7, 11) is 0. The minimum Gasteiger partial charge on any atom is -0.263 e. The fraction of sp³-hybridized carbons (Fsp3) is 1.00. The molecule has 3 nitrogen and oxygen atoms in total. The number of alkyl halides is 6. The fourth-order valence-corrected chi connectivity index (χ4v) is 0.791. The van der Waals surface area contributed by atoms with Gasteiger partial charge in [0, 0.05) is 0 Å². The molecule has 0 aromatic rings. The van der Waals surface area contributed by atoms with Gasteiger partial charge in [-0.05, 0) is 6.42 Å². The number of hydrogen-bond acceptors (Lipinski definition) is 3. The van der Waals surface area contributed by atoms with Crippen LogP contribution >= 0.6 is 0 Å². The van der Waals surface area contributed by atoms with Crippen LogP contribution in [0.1, 0.15) is 26.2 Å². The van der Waals surface area contributed by atoms with Gasteiger partial charge in [0.15, 0.2) is 0 Å². The van der Waals surface area contributed by atoms with Crippen molar-refractivity contribution in [2.75, 3.05) is 6.61 Å². The molecule has 0 saturated carbocycles. The van der Waals surface area contributed by atoms with E-state index in [1.807, 2.05) is 0 Å². The first-order valence-corrected chi connectivity index (χ1v) is 4.72. The minimum absolute atomic E-state index is 0.480. The Hall–Kier alpha value is -0.540. The lowest BCUT2D eigenvalue weighted by atomic mass is 10.3. The fourth-order valence-electron chi connectivity index (χ4n) is 0.791. The molecule has 104 valence electrons. The summed E-state index contributed by atoms with van der Waals surface area (Å²) >= 11 is 0. The van der Waals surface area contributed by atoms with Crippen LogP contribution in [0.15, 0.2) is 0 Å². The maximum absolute atomic E-state index is 11.7. The van der Waals surface area contributed by atoms with Crippen LogP contribution in [-0.2, 0) is 9.62 Å². The van der Waals surface area contributed by atoms with E-state index < -0.39 is 18.1 Å². The third kappa shape index (κ3) is 4.32. The van der Waals surface area contributed by atoms with Gasteiger partial charge in [-0.2, -0.15) is 26.3 Å². The van der Waals surface area contributed by atoms with Crippen LogP contribution in [0.4, 0.5) is 26.3 Å². The Morgan fingerprint density at radius 1 is 1.18 bits per heavy atom. The molecule has 1 aliphatic rings. The van der Waals surface area contributed by atoms with Crippen molar-refractivity contribution in [3.63, 3.8) is 0 Å². The molecule has 1 rings (SSSR count). The number of rotatable bonds is 4. The van der Waals surface area contributed by atoms with Crippen LogP contribution < -0.4 is 0 Å². The van der Waals surface area contributed by atoms with Crippen molar-refractivity contribution in [3.05, 3.63) is 0 Å². The largest absolute Gasteiger partial charge is 0.458 e. The number of halogens is 6. The third-order valence-corrected chi connectivity index (χ3v) is 1.81. The van der Waals surface area contributed by atoms with E-state index in [1.54, 1.807) is 0 Å². The zero-order chi connectivity index (χ0) is 13.7. The van der Waals surface area contributed by atoms with E-state index in [9.17, 15) is 26.3 Å². The topological polar surface area (TPSA) is 42.0 Å². The molecule has 0 amide bonds. The van der Waals surface area contributed by atoms with Gasteiger partial charge in [0.05, 0.1) is 6.61 Å². The maximum atomic E-state index is 11.7. The molecule has 0 aromatic heterocycles. The molecule has 1 saturated heterocycles. The highest BCUT2D eigenvalue weighted by Gasteiger charge is 2.90. The van der Waals surface area contributed by atoms with Crippen LogP contribution in [-0.4, -0.2) is 30.0 Å². The van der Waals surface area contributed by atoms with E-state index >= 15 is 0 Å². The van der Waals surface area contributed by atoms with Crippen molar-refractivity contribution in [2.45, 2.75) is 44.3 Å². The van der Waals surface area contributed by atoms with Gasteiger partial charge in [-0.1, -0.05) is 19.8 Å². The summed E-state index contributed by atoms with van der Waals surface area (Å²) in [5.74, 6) is -4.75. The summed E-state index contributed by atoms with van der Waals surface area (Å²) in [6.07, 6.45) is -7.08. The molecular weight excluding hydrogens is 258 g/mol. The van der Waals surface area contributed by atoms with Gasteiger partial charge < -0.3 is 0 Å². The van der Waals surface area contributed by atoms with E-state index in [0.717, 1.165) is 12.8 Å². The highest BCUT2D eigenvalue weighted by Crippen LogP contribution is 2.60. The monoisotopic (exact) mass is 270 g/mol. The molecule has 1 heterocycles. The molecular formula is C8H12F6O3. The molecule has 9 heteroatoms. The Kier molecular flexibility index (Phi) is 5.69. The standard InChI is InChI=1S/C5H12O2.C3F6O/c1-2-3-4-5-7-6;4-1(2(5,6)7)3(8,9)10-1/h6H,2-5H2,1H3;. The van der Waals surface area contributed by atoms with Crippen molar-refractivity contribution in [2.24, 2.45) is 0 Å². The molecule has 0 radical (unpaired) electrons. The van der Waals surface area contributed by atoms with Gasteiger partial charge in [-0.3, -0.25) is 9.99 Å². The molecule has 0 spiro atoms. The predicted octanol–water partition coefficient (Wildman–Crippen LogP) is 3.50. The minimum atomic E-state index is -5.66. The normalized spacial score (nSPS) is 26.1. The van der Waals surface area contributed by atoms with Crippen LogP contribution in [0.25, 0.3) is 0 Å². The Labute approximate surface area is 93.2 Å². The highest BCUT2D eigenvalue weighted by atomic mass is 19.4. The maximum Gasteiger partial charge on any atom is 0.458 e. The molecule has 1 aliphatic heterocycles.